The molecule has 0 unspecified atom stereocenters. The van der Waals surface area contributed by atoms with Crippen LogP contribution in [0.2, 0.25) is 0 Å². The molecular weight excluding hydrogens is 202 g/mol. The molecule has 1 amide bonds. The molecule has 0 radical (unpaired) electrons. The van der Waals surface area contributed by atoms with Crippen molar-refractivity contribution >= 4 is 5.91 Å². The molecule has 0 bridgehead atoms. The smallest absolute Gasteiger partial charge is 0.270 e. The number of rotatable bonds is 3. The van der Waals surface area contributed by atoms with E-state index in [4.69, 9.17) is 5.26 Å². The molecule has 1 atom stereocenters. The van der Waals surface area contributed by atoms with E-state index in [-0.39, 0.29) is 11.9 Å². The molecule has 0 aliphatic carbocycles. The third kappa shape index (κ3) is 2.80. The molecule has 1 aromatic heterocycles. The van der Waals surface area contributed by atoms with Crippen molar-refractivity contribution in [1.29, 1.82) is 5.26 Å². The van der Waals surface area contributed by atoms with Crippen molar-refractivity contribution in [3.63, 3.8) is 0 Å². The van der Waals surface area contributed by atoms with Gasteiger partial charge in [-0.15, -0.1) is 0 Å². The summed E-state index contributed by atoms with van der Waals surface area (Å²) in [4.78, 5) is 15.8. The molecule has 0 spiro atoms. The quantitative estimate of drug-likeness (QED) is 0.839. The summed E-state index contributed by atoms with van der Waals surface area (Å²) in [6.07, 6.45) is 0.876. The average Bonchev–Trinajstić information content (AvgIpc) is 2.28. The van der Waals surface area contributed by atoms with E-state index in [0.29, 0.717) is 17.0 Å². The highest BCUT2D eigenvalue weighted by molar-refractivity contribution is 5.92. The van der Waals surface area contributed by atoms with Gasteiger partial charge in [0, 0.05) is 6.04 Å². The molecule has 0 aromatic carbocycles. The molecule has 0 saturated heterocycles. The van der Waals surface area contributed by atoms with E-state index in [1.165, 1.54) is 0 Å². The summed E-state index contributed by atoms with van der Waals surface area (Å²) in [6, 6.07) is 5.34. The number of nitrogens with zero attached hydrogens (tertiary/aromatic N) is 2. The summed E-state index contributed by atoms with van der Waals surface area (Å²) in [7, 11) is 0. The highest BCUT2D eigenvalue weighted by Crippen LogP contribution is 2.05. The third-order valence-electron chi connectivity index (χ3n) is 2.43. The fourth-order valence-corrected chi connectivity index (χ4v) is 1.21. The van der Waals surface area contributed by atoms with Crippen LogP contribution in [0.25, 0.3) is 0 Å². The minimum absolute atomic E-state index is 0.130. The number of hydrogen-bond acceptors (Lipinski definition) is 3. The molecule has 1 aromatic rings. The summed E-state index contributed by atoms with van der Waals surface area (Å²) in [5.74, 6) is -0.193. The maximum Gasteiger partial charge on any atom is 0.270 e. The van der Waals surface area contributed by atoms with Crippen molar-refractivity contribution in [2.24, 2.45) is 0 Å². The van der Waals surface area contributed by atoms with E-state index in [2.05, 4.69) is 10.3 Å². The van der Waals surface area contributed by atoms with Gasteiger partial charge in [0.1, 0.15) is 11.8 Å². The van der Waals surface area contributed by atoms with E-state index in [1.54, 1.807) is 19.1 Å². The zero-order chi connectivity index (χ0) is 12.1. The maximum absolute atomic E-state index is 11.7. The lowest BCUT2D eigenvalue weighted by atomic mass is 10.2. The summed E-state index contributed by atoms with van der Waals surface area (Å²) in [5.41, 5.74) is 1.44. The summed E-state index contributed by atoms with van der Waals surface area (Å²) in [6.45, 7) is 5.66. The number of aryl methyl sites for hydroxylation is 1. The molecule has 4 nitrogen and oxygen atoms in total. The van der Waals surface area contributed by atoms with Crippen LogP contribution in [0.1, 0.15) is 42.0 Å². The van der Waals surface area contributed by atoms with Crippen molar-refractivity contribution in [1.82, 2.24) is 10.3 Å². The van der Waals surface area contributed by atoms with Crippen molar-refractivity contribution in [2.75, 3.05) is 0 Å². The Kier molecular flexibility index (Phi) is 4.01. The van der Waals surface area contributed by atoms with Gasteiger partial charge < -0.3 is 5.32 Å². The Hall–Kier alpha value is -1.89. The van der Waals surface area contributed by atoms with Crippen molar-refractivity contribution < 1.29 is 4.79 Å². The lowest BCUT2D eigenvalue weighted by Gasteiger charge is -2.11. The molecule has 16 heavy (non-hydrogen) atoms. The van der Waals surface area contributed by atoms with Gasteiger partial charge in [-0.25, -0.2) is 4.98 Å². The van der Waals surface area contributed by atoms with Crippen molar-refractivity contribution in [3.05, 3.63) is 29.1 Å². The van der Waals surface area contributed by atoms with Gasteiger partial charge in [-0.2, -0.15) is 5.26 Å². The molecule has 0 fully saturated rings. The van der Waals surface area contributed by atoms with Crippen LogP contribution in [0.3, 0.4) is 0 Å². The summed E-state index contributed by atoms with van der Waals surface area (Å²) in [5, 5.41) is 11.6. The number of amides is 1. The van der Waals surface area contributed by atoms with Gasteiger partial charge in [0.15, 0.2) is 0 Å². The van der Waals surface area contributed by atoms with Gasteiger partial charge in [-0.3, -0.25) is 4.79 Å². The standard InChI is InChI=1S/C12H15N3O/c1-4-8(2)14-12(16)11-6-5-10(7-13)9(3)15-11/h5-6,8H,4H2,1-3H3,(H,14,16)/t8-/m0/s1. The highest BCUT2D eigenvalue weighted by atomic mass is 16.1. The first-order valence-corrected chi connectivity index (χ1v) is 5.27. The Morgan fingerprint density at radius 1 is 1.62 bits per heavy atom. The summed E-state index contributed by atoms with van der Waals surface area (Å²) >= 11 is 0. The van der Waals surface area contributed by atoms with Crippen molar-refractivity contribution in [2.45, 2.75) is 33.2 Å². The third-order valence-corrected chi connectivity index (χ3v) is 2.43. The number of carbonyl (C=O) groups is 1. The topological polar surface area (TPSA) is 65.8 Å². The van der Waals surface area contributed by atoms with Gasteiger partial charge in [0.05, 0.1) is 11.3 Å². The second kappa shape index (κ2) is 5.26. The Labute approximate surface area is 95.3 Å². The second-order valence-electron chi connectivity index (χ2n) is 3.72. The van der Waals surface area contributed by atoms with Crippen LogP contribution in [-0.2, 0) is 0 Å². The number of hydrogen-bond donors (Lipinski definition) is 1. The zero-order valence-electron chi connectivity index (χ0n) is 9.74. The molecule has 84 valence electrons. The molecule has 1 N–H and O–H groups in total. The van der Waals surface area contributed by atoms with E-state index >= 15 is 0 Å². The van der Waals surface area contributed by atoms with Gasteiger partial charge in [0.2, 0.25) is 0 Å². The van der Waals surface area contributed by atoms with E-state index in [1.807, 2.05) is 19.9 Å². The van der Waals surface area contributed by atoms with Crippen LogP contribution >= 0.6 is 0 Å². The largest absolute Gasteiger partial charge is 0.348 e. The first-order chi connectivity index (χ1) is 7.58. The fraction of sp³-hybridized carbons (Fsp3) is 0.417. The highest BCUT2D eigenvalue weighted by Gasteiger charge is 2.11. The molecule has 0 aliphatic rings. The zero-order valence-corrected chi connectivity index (χ0v) is 9.74. The van der Waals surface area contributed by atoms with Gasteiger partial charge in [0.25, 0.3) is 5.91 Å². The first-order valence-electron chi connectivity index (χ1n) is 5.27. The first kappa shape index (κ1) is 12.2. The monoisotopic (exact) mass is 217 g/mol. The van der Waals surface area contributed by atoms with Crippen LogP contribution in [-0.4, -0.2) is 16.9 Å². The minimum atomic E-state index is -0.193. The van der Waals surface area contributed by atoms with Gasteiger partial charge in [-0.05, 0) is 32.4 Å². The number of aromatic nitrogens is 1. The van der Waals surface area contributed by atoms with Crippen molar-refractivity contribution in [3.8, 4) is 6.07 Å². The normalized spacial score (nSPS) is 11.6. The molecular formula is C12H15N3O. The number of nitrogens with one attached hydrogen (secondary N) is 1. The lowest BCUT2D eigenvalue weighted by molar-refractivity contribution is 0.0934. The maximum atomic E-state index is 11.7. The Balaban J connectivity index is 2.86. The second-order valence-corrected chi connectivity index (χ2v) is 3.72. The van der Waals surface area contributed by atoms with Gasteiger partial charge >= 0.3 is 0 Å². The Morgan fingerprint density at radius 2 is 2.31 bits per heavy atom. The number of nitriles is 1. The van der Waals surface area contributed by atoms with Gasteiger partial charge in [-0.1, -0.05) is 6.92 Å². The summed E-state index contributed by atoms with van der Waals surface area (Å²) < 4.78 is 0. The van der Waals surface area contributed by atoms with Crippen LogP contribution in [0, 0.1) is 18.3 Å². The number of pyridine rings is 1. The molecule has 0 saturated carbocycles. The minimum Gasteiger partial charge on any atom is -0.348 e. The fourth-order valence-electron chi connectivity index (χ4n) is 1.21. The van der Waals surface area contributed by atoms with Crippen LogP contribution in [0.5, 0.6) is 0 Å². The molecule has 1 rings (SSSR count). The van der Waals surface area contributed by atoms with Crippen LogP contribution in [0.15, 0.2) is 12.1 Å². The SMILES string of the molecule is CC[C@H](C)NC(=O)c1ccc(C#N)c(C)n1. The van der Waals surface area contributed by atoms with Crippen LogP contribution < -0.4 is 5.32 Å². The Morgan fingerprint density at radius 3 is 2.81 bits per heavy atom. The predicted molar refractivity (Wildman–Crippen MR) is 60.9 cm³/mol. The van der Waals surface area contributed by atoms with E-state index in [9.17, 15) is 4.79 Å². The lowest BCUT2D eigenvalue weighted by Crippen LogP contribution is -2.32. The van der Waals surface area contributed by atoms with Crippen LogP contribution in [0.4, 0.5) is 0 Å². The Bertz CT molecular complexity index is 434. The average molecular weight is 217 g/mol. The predicted octanol–water partition coefficient (Wildman–Crippen LogP) is 1.79. The number of carbonyl (C=O) groups excluding carboxylic acids is 1. The molecule has 1 heterocycles. The van der Waals surface area contributed by atoms with E-state index in [0.717, 1.165) is 6.42 Å². The molecule has 4 heteroatoms. The molecule has 0 aliphatic heterocycles. The van der Waals surface area contributed by atoms with E-state index < -0.39 is 0 Å².